The molecule has 0 bridgehead atoms. The Morgan fingerprint density at radius 2 is 2.00 bits per heavy atom. The highest BCUT2D eigenvalue weighted by atomic mass is 35.5. The highest BCUT2D eigenvalue weighted by Gasteiger charge is 2.17. The monoisotopic (exact) mass is 276 g/mol. The minimum absolute atomic E-state index is 0.00432. The molecule has 98 valence electrons. The summed E-state index contributed by atoms with van der Waals surface area (Å²) in [4.78, 5) is 19.6. The van der Waals surface area contributed by atoms with Gasteiger partial charge >= 0.3 is 5.97 Å². The number of nitrogens with zero attached hydrogens (tertiary/aromatic N) is 2. The third-order valence-corrected chi connectivity index (χ3v) is 3.04. The smallest absolute Gasteiger partial charge is 0.339 e. The molecule has 2 aromatic rings. The van der Waals surface area contributed by atoms with Crippen molar-refractivity contribution in [3.63, 3.8) is 0 Å². The van der Waals surface area contributed by atoms with Crippen LogP contribution in [-0.4, -0.2) is 21.0 Å². The van der Waals surface area contributed by atoms with Crippen LogP contribution in [0.25, 0.3) is 11.4 Å². The van der Waals surface area contributed by atoms with Gasteiger partial charge in [0.2, 0.25) is 0 Å². The molecule has 0 spiro atoms. The van der Waals surface area contributed by atoms with Crippen LogP contribution in [0.2, 0.25) is 5.02 Å². The Morgan fingerprint density at radius 3 is 2.58 bits per heavy atom. The Balaban J connectivity index is 2.59. The summed E-state index contributed by atoms with van der Waals surface area (Å²) in [5.41, 5.74) is 1.34. The van der Waals surface area contributed by atoms with E-state index in [0.717, 1.165) is 0 Å². The van der Waals surface area contributed by atoms with E-state index in [0.29, 0.717) is 22.1 Å². The van der Waals surface area contributed by atoms with Crippen LogP contribution in [0.1, 0.15) is 35.8 Å². The molecule has 0 saturated heterocycles. The van der Waals surface area contributed by atoms with Crippen molar-refractivity contribution in [3.05, 3.63) is 46.7 Å². The molecule has 2 rings (SSSR count). The number of aromatic nitrogens is 2. The van der Waals surface area contributed by atoms with Crippen molar-refractivity contribution in [2.24, 2.45) is 0 Å². The Hall–Kier alpha value is -1.94. The summed E-state index contributed by atoms with van der Waals surface area (Å²) < 4.78 is 0. The van der Waals surface area contributed by atoms with Crippen molar-refractivity contribution in [2.45, 2.75) is 19.8 Å². The largest absolute Gasteiger partial charge is 0.478 e. The maximum atomic E-state index is 11.1. The van der Waals surface area contributed by atoms with Crippen LogP contribution in [0.4, 0.5) is 0 Å². The average Bonchev–Trinajstić information content (AvgIpc) is 2.38. The molecule has 5 heteroatoms. The lowest BCUT2D eigenvalue weighted by atomic mass is 10.0. The molecule has 0 saturated carbocycles. The van der Waals surface area contributed by atoms with Crippen LogP contribution in [0.3, 0.4) is 0 Å². The lowest BCUT2D eigenvalue weighted by Crippen LogP contribution is -2.08. The van der Waals surface area contributed by atoms with Gasteiger partial charge in [-0.15, -0.1) is 0 Å². The molecule has 1 N–H and O–H groups in total. The van der Waals surface area contributed by atoms with E-state index in [-0.39, 0.29) is 11.5 Å². The standard InChI is InChI=1S/C14H13ClN2O2/c1-8(2)12-10(14(18)19)7-16-13(17-12)9-5-3-4-6-11(9)15/h3-8H,1-2H3,(H,18,19). The zero-order valence-electron chi connectivity index (χ0n) is 10.6. The van der Waals surface area contributed by atoms with Gasteiger partial charge in [-0.2, -0.15) is 0 Å². The molecular formula is C14H13ClN2O2. The molecule has 0 radical (unpaired) electrons. The molecule has 0 aliphatic heterocycles. The third-order valence-electron chi connectivity index (χ3n) is 2.71. The second-order valence-electron chi connectivity index (χ2n) is 4.43. The quantitative estimate of drug-likeness (QED) is 0.930. The molecule has 1 heterocycles. The number of hydrogen-bond acceptors (Lipinski definition) is 3. The van der Waals surface area contributed by atoms with E-state index in [2.05, 4.69) is 9.97 Å². The minimum atomic E-state index is -1.02. The van der Waals surface area contributed by atoms with E-state index >= 15 is 0 Å². The van der Waals surface area contributed by atoms with Crippen molar-refractivity contribution in [2.75, 3.05) is 0 Å². The summed E-state index contributed by atoms with van der Waals surface area (Å²) >= 11 is 6.10. The molecule has 19 heavy (non-hydrogen) atoms. The summed E-state index contributed by atoms with van der Waals surface area (Å²) in [7, 11) is 0. The second-order valence-corrected chi connectivity index (χ2v) is 4.84. The van der Waals surface area contributed by atoms with E-state index in [9.17, 15) is 4.79 Å². The normalized spacial score (nSPS) is 10.7. The highest BCUT2D eigenvalue weighted by Crippen LogP contribution is 2.26. The molecular weight excluding hydrogens is 264 g/mol. The lowest BCUT2D eigenvalue weighted by molar-refractivity contribution is 0.0694. The van der Waals surface area contributed by atoms with Crippen LogP contribution < -0.4 is 0 Å². The third kappa shape index (κ3) is 2.74. The van der Waals surface area contributed by atoms with Gasteiger partial charge in [0.15, 0.2) is 5.82 Å². The molecule has 0 aliphatic rings. The second kappa shape index (κ2) is 5.36. The van der Waals surface area contributed by atoms with Crippen LogP contribution in [0.5, 0.6) is 0 Å². The van der Waals surface area contributed by atoms with Gasteiger partial charge < -0.3 is 5.11 Å². The van der Waals surface area contributed by atoms with Crippen LogP contribution in [0.15, 0.2) is 30.5 Å². The van der Waals surface area contributed by atoms with Crippen LogP contribution in [0, 0.1) is 0 Å². The van der Waals surface area contributed by atoms with E-state index in [1.54, 1.807) is 6.07 Å². The van der Waals surface area contributed by atoms with Gasteiger partial charge in [0, 0.05) is 11.8 Å². The Bertz CT molecular complexity index is 627. The van der Waals surface area contributed by atoms with Gasteiger partial charge in [0.05, 0.1) is 16.3 Å². The number of halogens is 1. The maximum absolute atomic E-state index is 11.1. The fourth-order valence-electron chi connectivity index (χ4n) is 1.77. The number of rotatable bonds is 3. The molecule has 4 nitrogen and oxygen atoms in total. The predicted octanol–water partition coefficient (Wildman–Crippen LogP) is 3.62. The molecule has 0 atom stereocenters. The fourth-order valence-corrected chi connectivity index (χ4v) is 1.99. The first-order valence-corrected chi connectivity index (χ1v) is 6.23. The van der Waals surface area contributed by atoms with Crippen molar-refractivity contribution in [1.29, 1.82) is 0 Å². The number of aromatic carboxylic acids is 1. The predicted molar refractivity (Wildman–Crippen MR) is 73.5 cm³/mol. The summed E-state index contributed by atoms with van der Waals surface area (Å²) in [6.07, 6.45) is 1.34. The van der Waals surface area contributed by atoms with E-state index in [1.165, 1.54) is 6.20 Å². The summed E-state index contributed by atoms with van der Waals surface area (Å²) in [5.74, 6) is -0.580. The van der Waals surface area contributed by atoms with Crippen molar-refractivity contribution >= 4 is 17.6 Å². The highest BCUT2D eigenvalue weighted by molar-refractivity contribution is 6.33. The minimum Gasteiger partial charge on any atom is -0.478 e. The average molecular weight is 277 g/mol. The lowest BCUT2D eigenvalue weighted by Gasteiger charge is -2.10. The zero-order valence-corrected chi connectivity index (χ0v) is 11.3. The number of hydrogen-bond donors (Lipinski definition) is 1. The maximum Gasteiger partial charge on any atom is 0.339 e. The van der Waals surface area contributed by atoms with Gasteiger partial charge in [-0.3, -0.25) is 0 Å². The van der Waals surface area contributed by atoms with E-state index < -0.39 is 5.97 Å². The topological polar surface area (TPSA) is 63.1 Å². The zero-order chi connectivity index (χ0) is 14.0. The first-order chi connectivity index (χ1) is 9.00. The SMILES string of the molecule is CC(C)c1nc(-c2ccccc2Cl)ncc1C(=O)O. The van der Waals surface area contributed by atoms with Crippen molar-refractivity contribution < 1.29 is 9.90 Å². The number of carboxylic acids is 1. The number of carbonyl (C=O) groups is 1. The van der Waals surface area contributed by atoms with Gasteiger partial charge in [0.25, 0.3) is 0 Å². The molecule has 0 amide bonds. The Labute approximate surface area is 116 Å². The van der Waals surface area contributed by atoms with Crippen molar-refractivity contribution in [3.8, 4) is 11.4 Å². The van der Waals surface area contributed by atoms with Crippen LogP contribution >= 0.6 is 11.6 Å². The molecule has 0 aliphatic carbocycles. The van der Waals surface area contributed by atoms with Gasteiger partial charge in [-0.1, -0.05) is 37.6 Å². The van der Waals surface area contributed by atoms with E-state index in [4.69, 9.17) is 16.7 Å². The Morgan fingerprint density at radius 1 is 1.32 bits per heavy atom. The summed E-state index contributed by atoms with van der Waals surface area (Å²) in [5, 5.41) is 9.67. The van der Waals surface area contributed by atoms with Crippen molar-refractivity contribution in [1.82, 2.24) is 9.97 Å². The van der Waals surface area contributed by atoms with E-state index in [1.807, 2.05) is 32.0 Å². The van der Waals surface area contributed by atoms with Gasteiger partial charge in [-0.05, 0) is 18.1 Å². The van der Waals surface area contributed by atoms with Gasteiger partial charge in [-0.25, -0.2) is 14.8 Å². The first-order valence-electron chi connectivity index (χ1n) is 5.86. The molecule has 1 aromatic carbocycles. The molecule has 0 fully saturated rings. The summed E-state index contributed by atoms with van der Waals surface area (Å²) in [6.45, 7) is 3.79. The fraction of sp³-hybridized carbons (Fsp3) is 0.214. The summed E-state index contributed by atoms with van der Waals surface area (Å²) in [6, 6.07) is 7.22. The molecule has 1 aromatic heterocycles. The number of benzene rings is 1. The van der Waals surface area contributed by atoms with Crippen LogP contribution in [-0.2, 0) is 0 Å². The van der Waals surface area contributed by atoms with Gasteiger partial charge in [0.1, 0.15) is 0 Å². The number of carboxylic acid groups (broad SMARTS) is 1. The first kappa shape index (κ1) is 13.5. The molecule has 0 unspecified atom stereocenters. The Kier molecular flexibility index (Phi) is 3.81.